The van der Waals surface area contributed by atoms with Gasteiger partial charge in [0, 0.05) is 6.54 Å². The van der Waals surface area contributed by atoms with Gasteiger partial charge in [0.1, 0.15) is 0 Å². The lowest BCUT2D eigenvalue weighted by atomic mass is 10.5. The second kappa shape index (κ2) is 6.06. The summed E-state index contributed by atoms with van der Waals surface area (Å²) in [5.41, 5.74) is 2.25. The fourth-order valence-corrected chi connectivity index (χ4v) is 0.417. The molecule has 0 aromatic heterocycles. The van der Waals surface area contributed by atoms with Crippen LogP contribution in [0.4, 0.5) is 0 Å². The molecule has 0 spiro atoms. The zero-order valence-electron chi connectivity index (χ0n) is 4.98. The molecule has 1 aliphatic rings. The molecule has 0 aliphatic carbocycles. The number of rotatable bonds is 0. The third kappa shape index (κ3) is 5.06. The summed E-state index contributed by atoms with van der Waals surface area (Å²) < 4.78 is 0. The van der Waals surface area contributed by atoms with Crippen LogP contribution in [-0.4, -0.2) is 6.54 Å². The molecule has 0 radical (unpaired) electrons. The summed E-state index contributed by atoms with van der Waals surface area (Å²) in [6.07, 6.45) is 5.32. The van der Waals surface area contributed by atoms with Crippen molar-refractivity contribution >= 4 is 0 Å². The maximum atomic E-state index is 3.12. The van der Waals surface area contributed by atoms with Gasteiger partial charge in [-0.3, -0.25) is 0 Å². The van der Waals surface area contributed by atoms with E-state index in [4.69, 9.17) is 0 Å². The van der Waals surface area contributed by atoms with E-state index >= 15 is 0 Å². The third-order valence-corrected chi connectivity index (χ3v) is 0.691. The van der Waals surface area contributed by atoms with E-state index in [1.807, 2.05) is 6.20 Å². The lowest BCUT2D eigenvalue weighted by Gasteiger charge is -1.78. The summed E-state index contributed by atoms with van der Waals surface area (Å²) in [5, 5.41) is 3.04. The molecule has 0 unspecified atom stereocenters. The minimum atomic E-state index is 1.14. The van der Waals surface area contributed by atoms with Gasteiger partial charge in [0.25, 0.3) is 0 Å². The molecule has 0 atom stereocenters. The smallest absolute Gasteiger partial charge is 0.0176 e. The molecule has 1 heteroatoms. The molecule has 1 heterocycles. The van der Waals surface area contributed by atoms with Gasteiger partial charge < -0.3 is 5.32 Å². The van der Waals surface area contributed by atoms with E-state index < -0.39 is 0 Å². The predicted molar refractivity (Wildman–Crippen MR) is 36.5 cm³/mol. The van der Waals surface area contributed by atoms with Gasteiger partial charge in [-0.2, -0.15) is 0 Å². The van der Waals surface area contributed by atoms with Crippen LogP contribution in [0.2, 0.25) is 0 Å². The van der Waals surface area contributed by atoms with Gasteiger partial charge in [-0.25, -0.2) is 0 Å². The van der Waals surface area contributed by atoms with E-state index in [2.05, 4.69) is 30.3 Å². The second-order valence-corrected chi connectivity index (χ2v) is 1.40. The molecule has 1 aliphatic heterocycles. The molecular formula is C7H11N. The minimum absolute atomic E-state index is 1.14. The molecule has 0 saturated carbocycles. The molecule has 0 amide bonds. The lowest BCUT2D eigenvalue weighted by Crippen LogP contribution is -1.96. The number of nitrogens with one attached hydrogen (secondary N) is 1. The van der Waals surface area contributed by atoms with Gasteiger partial charge in [0.2, 0.25) is 0 Å². The highest BCUT2D eigenvalue weighted by atomic mass is 14.8. The molecule has 0 fully saturated rings. The Bertz CT molecular complexity index is 91.0. The van der Waals surface area contributed by atoms with Crippen LogP contribution in [0.15, 0.2) is 31.2 Å². The average molecular weight is 109 g/mol. The number of hydrogen-bond acceptors (Lipinski definition) is 1. The zero-order valence-corrected chi connectivity index (χ0v) is 4.98. The Hall–Kier alpha value is -0.940. The molecule has 8 heavy (non-hydrogen) atoms. The van der Waals surface area contributed by atoms with Crippen molar-refractivity contribution in [2.45, 2.75) is 6.42 Å². The highest BCUT2D eigenvalue weighted by Crippen LogP contribution is 1.84. The van der Waals surface area contributed by atoms with Crippen LogP contribution in [0.1, 0.15) is 6.42 Å². The highest BCUT2D eigenvalue weighted by molar-refractivity contribution is 4.86. The topological polar surface area (TPSA) is 12.0 Å². The quantitative estimate of drug-likeness (QED) is 0.464. The van der Waals surface area contributed by atoms with Crippen molar-refractivity contribution in [1.82, 2.24) is 5.32 Å². The standard InChI is InChI=1S/C4H7N.C3H4/c1-2-4-5-3-1;1-3-2/h1,3,5H,2,4H2;1-2H2. The molecule has 1 N–H and O–H groups in total. The fraction of sp³-hybridized carbons (Fsp3) is 0.286. The monoisotopic (exact) mass is 109 g/mol. The van der Waals surface area contributed by atoms with Crippen LogP contribution in [0.3, 0.4) is 0 Å². The van der Waals surface area contributed by atoms with E-state index in [1.165, 1.54) is 6.42 Å². The van der Waals surface area contributed by atoms with Gasteiger partial charge in [0.05, 0.1) is 0 Å². The Kier molecular flexibility index (Phi) is 5.35. The predicted octanol–water partition coefficient (Wildman–Crippen LogP) is 1.45. The van der Waals surface area contributed by atoms with Crippen LogP contribution in [0.25, 0.3) is 0 Å². The minimum Gasteiger partial charge on any atom is -0.391 e. The van der Waals surface area contributed by atoms with Crippen LogP contribution in [0, 0.1) is 0 Å². The molecular weight excluding hydrogens is 98.1 g/mol. The van der Waals surface area contributed by atoms with Gasteiger partial charge in [-0.15, -0.1) is 5.73 Å². The maximum Gasteiger partial charge on any atom is 0.0176 e. The SMILES string of the molecule is C1=CNCC1.C=C=C. The first-order valence-corrected chi connectivity index (χ1v) is 2.59. The Labute approximate surface area is 50.4 Å². The van der Waals surface area contributed by atoms with Gasteiger partial charge >= 0.3 is 0 Å². The Morgan fingerprint density at radius 3 is 2.25 bits per heavy atom. The molecule has 0 saturated heterocycles. The molecule has 1 rings (SSSR count). The van der Waals surface area contributed by atoms with Crippen LogP contribution in [0.5, 0.6) is 0 Å². The van der Waals surface area contributed by atoms with Gasteiger partial charge in [-0.05, 0) is 12.6 Å². The summed E-state index contributed by atoms with van der Waals surface area (Å²) in [6.45, 7) is 7.39. The molecule has 44 valence electrons. The molecule has 0 bridgehead atoms. The van der Waals surface area contributed by atoms with E-state index in [-0.39, 0.29) is 0 Å². The summed E-state index contributed by atoms with van der Waals surface area (Å²) in [5.74, 6) is 0. The third-order valence-electron chi connectivity index (χ3n) is 0.691. The van der Waals surface area contributed by atoms with Crippen molar-refractivity contribution < 1.29 is 0 Å². The van der Waals surface area contributed by atoms with Crippen LogP contribution < -0.4 is 5.32 Å². The van der Waals surface area contributed by atoms with Crippen LogP contribution in [-0.2, 0) is 0 Å². The largest absolute Gasteiger partial charge is 0.391 e. The molecule has 1 nitrogen and oxygen atoms in total. The van der Waals surface area contributed by atoms with E-state index in [0.29, 0.717) is 0 Å². The summed E-state index contributed by atoms with van der Waals surface area (Å²) in [6, 6.07) is 0. The highest BCUT2D eigenvalue weighted by Gasteiger charge is 1.81. The Morgan fingerprint density at radius 1 is 1.50 bits per heavy atom. The summed E-state index contributed by atoms with van der Waals surface area (Å²) in [7, 11) is 0. The summed E-state index contributed by atoms with van der Waals surface area (Å²) >= 11 is 0. The van der Waals surface area contributed by atoms with Crippen molar-refractivity contribution in [1.29, 1.82) is 0 Å². The Balaban J connectivity index is 0.000000145. The second-order valence-electron chi connectivity index (χ2n) is 1.40. The van der Waals surface area contributed by atoms with Crippen molar-refractivity contribution in [3.05, 3.63) is 31.2 Å². The lowest BCUT2D eigenvalue weighted by molar-refractivity contribution is 0.917. The summed E-state index contributed by atoms with van der Waals surface area (Å²) in [4.78, 5) is 0. The first-order valence-electron chi connectivity index (χ1n) is 2.59. The van der Waals surface area contributed by atoms with Gasteiger partial charge in [-0.1, -0.05) is 19.2 Å². The van der Waals surface area contributed by atoms with E-state index in [0.717, 1.165) is 6.54 Å². The first-order chi connectivity index (χ1) is 3.91. The fourth-order valence-electron chi connectivity index (χ4n) is 0.417. The first kappa shape index (κ1) is 7.06. The van der Waals surface area contributed by atoms with Crippen molar-refractivity contribution in [2.75, 3.05) is 6.54 Å². The Morgan fingerprint density at radius 2 is 2.12 bits per heavy atom. The van der Waals surface area contributed by atoms with Crippen molar-refractivity contribution in [2.24, 2.45) is 0 Å². The maximum absolute atomic E-state index is 3.12. The molecule has 0 aromatic carbocycles. The normalized spacial score (nSPS) is 13.0. The van der Waals surface area contributed by atoms with Crippen molar-refractivity contribution in [3.63, 3.8) is 0 Å². The average Bonchev–Trinajstić information content (AvgIpc) is 2.17. The van der Waals surface area contributed by atoms with Gasteiger partial charge in [0.15, 0.2) is 0 Å². The van der Waals surface area contributed by atoms with Crippen molar-refractivity contribution in [3.8, 4) is 0 Å². The van der Waals surface area contributed by atoms with E-state index in [1.54, 1.807) is 0 Å². The zero-order chi connectivity index (χ0) is 6.24. The number of hydrogen-bond donors (Lipinski definition) is 1. The molecule has 0 aromatic rings. The van der Waals surface area contributed by atoms with E-state index in [9.17, 15) is 0 Å². The van der Waals surface area contributed by atoms with Crippen LogP contribution >= 0.6 is 0 Å².